The van der Waals surface area contributed by atoms with Crippen LogP contribution in [0.25, 0.3) is 0 Å². The first kappa shape index (κ1) is 22.0. The molecular formula is C20H26N4O5S. The van der Waals surface area contributed by atoms with Crippen molar-refractivity contribution in [2.45, 2.75) is 13.5 Å². The topological polar surface area (TPSA) is 94.0 Å². The van der Waals surface area contributed by atoms with E-state index in [2.05, 4.69) is 4.98 Å². The molecule has 0 spiro atoms. The summed E-state index contributed by atoms with van der Waals surface area (Å²) < 4.78 is 25.7. The second-order valence-corrected chi connectivity index (χ2v) is 8.15. The summed E-state index contributed by atoms with van der Waals surface area (Å²) in [7, 11) is 0.548. The number of aromatic nitrogens is 2. The van der Waals surface area contributed by atoms with E-state index < -0.39 is 22.5 Å². The van der Waals surface area contributed by atoms with E-state index in [-0.39, 0.29) is 24.7 Å². The van der Waals surface area contributed by atoms with Gasteiger partial charge in [-0.25, -0.2) is 18.3 Å². The molecule has 1 aliphatic heterocycles. The zero-order chi connectivity index (χ0) is 21.7. The fraction of sp³-hybridized carbons (Fsp3) is 0.450. The Bertz CT molecular complexity index is 971. The summed E-state index contributed by atoms with van der Waals surface area (Å²) in [6.45, 7) is 4.18. The summed E-state index contributed by atoms with van der Waals surface area (Å²) >= 11 is 0. The fourth-order valence-electron chi connectivity index (χ4n) is 3.20. The van der Waals surface area contributed by atoms with Crippen molar-refractivity contribution in [3.8, 4) is 5.75 Å². The number of anilines is 1. The third-order valence-electron chi connectivity index (χ3n) is 4.81. The van der Waals surface area contributed by atoms with E-state index in [1.165, 1.54) is 4.57 Å². The number of ether oxygens (including phenoxy) is 2. The maximum Gasteiger partial charge on any atom is 0.361 e. The van der Waals surface area contributed by atoms with Crippen LogP contribution in [0.1, 0.15) is 23.0 Å². The van der Waals surface area contributed by atoms with Gasteiger partial charge < -0.3 is 14.4 Å². The van der Waals surface area contributed by atoms with Crippen LogP contribution in [0.4, 0.5) is 5.95 Å². The van der Waals surface area contributed by atoms with Gasteiger partial charge in [-0.15, -0.1) is 0 Å². The van der Waals surface area contributed by atoms with E-state index in [4.69, 9.17) is 9.47 Å². The molecule has 30 heavy (non-hydrogen) atoms. The molecule has 0 aliphatic carbocycles. The molecule has 9 nitrogen and oxygen atoms in total. The lowest BCUT2D eigenvalue weighted by atomic mass is 10.2. The Morgan fingerprint density at radius 2 is 1.83 bits per heavy atom. The number of nitrogens with zero attached hydrogens (tertiary/aromatic N) is 4. The van der Waals surface area contributed by atoms with Gasteiger partial charge in [0, 0.05) is 39.5 Å². The third kappa shape index (κ3) is 4.88. The predicted octanol–water partition coefficient (Wildman–Crippen LogP) is 0.952. The van der Waals surface area contributed by atoms with Crippen molar-refractivity contribution >= 4 is 22.9 Å². The van der Waals surface area contributed by atoms with E-state index in [0.29, 0.717) is 32.1 Å². The van der Waals surface area contributed by atoms with Crippen LogP contribution in [0.5, 0.6) is 5.75 Å². The van der Waals surface area contributed by atoms with Crippen molar-refractivity contribution in [2.24, 2.45) is 7.05 Å². The third-order valence-corrected chi connectivity index (χ3v) is 5.90. The van der Waals surface area contributed by atoms with Gasteiger partial charge in [-0.1, -0.05) is 30.3 Å². The molecule has 1 aromatic heterocycles. The molecule has 1 aliphatic rings. The maximum atomic E-state index is 13.1. The molecule has 1 atom stereocenters. The number of benzene rings is 1. The zero-order valence-corrected chi connectivity index (χ0v) is 18.2. The second-order valence-electron chi connectivity index (χ2n) is 6.79. The second kappa shape index (κ2) is 9.86. The number of esters is 1. The van der Waals surface area contributed by atoms with Crippen molar-refractivity contribution in [1.29, 1.82) is 0 Å². The van der Waals surface area contributed by atoms with Crippen molar-refractivity contribution in [1.82, 2.24) is 13.9 Å². The number of rotatable bonds is 7. The molecule has 0 bridgehead atoms. The van der Waals surface area contributed by atoms with Crippen molar-refractivity contribution < 1.29 is 18.5 Å². The number of piperazine rings is 1. The molecule has 10 heteroatoms. The Morgan fingerprint density at radius 1 is 1.17 bits per heavy atom. The summed E-state index contributed by atoms with van der Waals surface area (Å²) in [6.07, 6.45) is 1.64. The Labute approximate surface area is 177 Å². The first-order chi connectivity index (χ1) is 14.4. The molecule has 1 fully saturated rings. The molecule has 0 saturated carbocycles. The normalized spacial score (nSPS) is 15.6. The summed E-state index contributed by atoms with van der Waals surface area (Å²) in [5.41, 5.74) is 0.273. The summed E-state index contributed by atoms with van der Waals surface area (Å²) in [6, 6.07) is 9.36. The largest absolute Gasteiger partial charge is 0.481 e. The minimum Gasteiger partial charge on any atom is -0.481 e. The Balaban J connectivity index is 1.93. The molecule has 0 N–H and O–H groups in total. The standard InChI is InChI=1S/C20H26N4O5S/c1-4-28-19(26)16-17(29-14-15-8-6-5-7-9-15)18(25)22(2)20(21-16)23-10-12-24(13-11-23)30(3)27/h5-9H,4,10-14H2,1-3H3. The zero-order valence-electron chi connectivity index (χ0n) is 17.4. The van der Waals surface area contributed by atoms with Crippen LogP contribution >= 0.6 is 0 Å². The monoisotopic (exact) mass is 434 g/mol. The Kier molecular flexibility index (Phi) is 7.22. The SMILES string of the molecule is CCOC(=O)c1nc(N2CCN(S(C)=O)CC2)n(C)c(=O)c1OCc1ccccc1. The first-order valence-corrected chi connectivity index (χ1v) is 11.2. The number of carbonyl (C=O) groups excluding carboxylic acids is 1. The van der Waals surface area contributed by atoms with E-state index in [0.717, 1.165) is 5.56 Å². The van der Waals surface area contributed by atoms with Crippen molar-refractivity contribution in [3.63, 3.8) is 0 Å². The van der Waals surface area contributed by atoms with Gasteiger partial charge >= 0.3 is 5.97 Å². The summed E-state index contributed by atoms with van der Waals surface area (Å²) in [5, 5.41) is 0. The van der Waals surface area contributed by atoms with Crippen LogP contribution in [-0.4, -0.2) is 63.1 Å². The maximum absolute atomic E-state index is 13.1. The van der Waals surface area contributed by atoms with E-state index in [9.17, 15) is 13.8 Å². The van der Waals surface area contributed by atoms with Gasteiger partial charge in [0.1, 0.15) is 6.61 Å². The quantitative estimate of drug-likeness (QED) is 0.599. The van der Waals surface area contributed by atoms with Gasteiger partial charge in [-0.2, -0.15) is 0 Å². The van der Waals surface area contributed by atoms with E-state index in [1.807, 2.05) is 39.5 Å². The molecule has 1 saturated heterocycles. The number of carbonyl (C=O) groups is 1. The minimum absolute atomic E-state index is 0.128. The van der Waals surface area contributed by atoms with Gasteiger partial charge in [0.15, 0.2) is 5.69 Å². The van der Waals surface area contributed by atoms with Crippen LogP contribution < -0.4 is 15.2 Å². The lowest BCUT2D eigenvalue weighted by Gasteiger charge is -2.34. The highest BCUT2D eigenvalue weighted by Gasteiger charge is 2.27. The summed E-state index contributed by atoms with van der Waals surface area (Å²) in [4.78, 5) is 31.9. The number of hydrogen-bond donors (Lipinski definition) is 0. The first-order valence-electron chi connectivity index (χ1n) is 9.70. The lowest BCUT2D eigenvalue weighted by Crippen LogP contribution is -2.48. The van der Waals surface area contributed by atoms with E-state index in [1.54, 1.807) is 20.2 Å². The highest BCUT2D eigenvalue weighted by Crippen LogP contribution is 2.20. The van der Waals surface area contributed by atoms with Gasteiger partial charge in [0.2, 0.25) is 11.7 Å². The summed E-state index contributed by atoms with van der Waals surface area (Å²) in [5.74, 6) is -0.471. The molecule has 2 aromatic rings. The molecule has 3 rings (SSSR count). The van der Waals surface area contributed by atoms with Crippen LogP contribution in [0, 0.1) is 0 Å². The Hall–Kier alpha value is -2.72. The predicted molar refractivity (Wildman–Crippen MR) is 114 cm³/mol. The minimum atomic E-state index is -1.05. The van der Waals surface area contributed by atoms with Gasteiger partial charge in [-0.3, -0.25) is 9.36 Å². The number of hydrogen-bond acceptors (Lipinski definition) is 7. The van der Waals surface area contributed by atoms with Gasteiger partial charge in [0.05, 0.1) is 17.6 Å². The van der Waals surface area contributed by atoms with Crippen molar-refractivity contribution in [3.05, 3.63) is 51.9 Å². The smallest absolute Gasteiger partial charge is 0.361 e. The molecular weight excluding hydrogens is 408 g/mol. The fourth-order valence-corrected chi connectivity index (χ4v) is 3.87. The van der Waals surface area contributed by atoms with Crippen LogP contribution in [0.3, 0.4) is 0 Å². The van der Waals surface area contributed by atoms with Gasteiger partial charge in [-0.05, 0) is 12.5 Å². The molecule has 0 radical (unpaired) electrons. The Morgan fingerprint density at radius 3 is 2.43 bits per heavy atom. The van der Waals surface area contributed by atoms with Crippen LogP contribution in [0.15, 0.2) is 35.1 Å². The average Bonchev–Trinajstić information content (AvgIpc) is 2.75. The molecule has 1 aromatic carbocycles. The molecule has 1 unspecified atom stereocenters. The lowest BCUT2D eigenvalue weighted by molar-refractivity contribution is 0.0513. The average molecular weight is 435 g/mol. The van der Waals surface area contributed by atoms with Gasteiger partial charge in [0.25, 0.3) is 5.56 Å². The molecule has 162 valence electrons. The van der Waals surface area contributed by atoms with Crippen molar-refractivity contribution in [2.75, 3.05) is 43.9 Å². The highest BCUT2D eigenvalue weighted by atomic mass is 32.2. The van der Waals surface area contributed by atoms with Crippen LogP contribution in [0.2, 0.25) is 0 Å². The molecule has 0 amide bonds. The highest BCUT2D eigenvalue weighted by molar-refractivity contribution is 7.81. The van der Waals surface area contributed by atoms with Crippen LogP contribution in [-0.2, 0) is 29.4 Å². The van der Waals surface area contributed by atoms with E-state index >= 15 is 0 Å². The molecule has 2 heterocycles.